The lowest BCUT2D eigenvalue weighted by Gasteiger charge is -2.37. The number of hydrogen-bond acceptors (Lipinski definition) is 7. The number of para-hydroxylation sites is 2. The van der Waals surface area contributed by atoms with Crippen LogP contribution in [0.25, 0.3) is 0 Å². The summed E-state index contributed by atoms with van der Waals surface area (Å²) in [6, 6.07) is 20.7. The zero-order valence-corrected chi connectivity index (χ0v) is 22.0. The molecule has 1 saturated heterocycles. The maximum atomic E-state index is 13.8. The van der Waals surface area contributed by atoms with Gasteiger partial charge in [0.1, 0.15) is 23.8 Å². The number of nitrogens with zero attached hydrogens (tertiary/aromatic N) is 3. The molecule has 1 amide bonds. The standard InChI is InChI=1S/C27H31N3O6S/c1-34-21-13-14-26(36-3)24(19-21)30(37(32,33)22-9-5-4-6-10-22)20-27(31)29-17-15-28(16-18-29)23-11-7-8-12-25(23)35-2/h4-14,19H,15-18,20H2,1-3H3. The van der Waals surface area contributed by atoms with Gasteiger partial charge in [-0.3, -0.25) is 9.10 Å². The van der Waals surface area contributed by atoms with E-state index >= 15 is 0 Å². The second-order valence-electron chi connectivity index (χ2n) is 8.40. The molecule has 9 nitrogen and oxygen atoms in total. The second-order valence-corrected chi connectivity index (χ2v) is 10.3. The van der Waals surface area contributed by atoms with Crippen molar-refractivity contribution in [2.75, 3.05) is 63.3 Å². The summed E-state index contributed by atoms with van der Waals surface area (Å²) in [5, 5.41) is 0. The molecule has 1 aliphatic heterocycles. The van der Waals surface area contributed by atoms with Crippen LogP contribution in [0.15, 0.2) is 77.7 Å². The van der Waals surface area contributed by atoms with Crippen LogP contribution in [-0.4, -0.2) is 73.3 Å². The average Bonchev–Trinajstić information content (AvgIpc) is 2.95. The van der Waals surface area contributed by atoms with Gasteiger partial charge in [-0.05, 0) is 36.4 Å². The van der Waals surface area contributed by atoms with Crippen molar-refractivity contribution < 1.29 is 27.4 Å². The molecule has 3 aromatic carbocycles. The van der Waals surface area contributed by atoms with Crippen LogP contribution >= 0.6 is 0 Å². The summed E-state index contributed by atoms with van der Waals surface area (Å²) >= 11 is 0. The predicted molar refractivity (Wildman–Crippen MR) is 142 cm³/mol. The van der Waals surface area contributed by atoms with Gasteiger partial charge in [0.25, 0.3) is 10.0 Å². The molecule has 0 radical (unpaired) electrons. The van der Waals surface area contributed by atoms with Crippen molar-refractivity contribution in [1.82, 2.24) is 4.90 Å². The molecule has 0 atom stereocenters. The van der Waals surface area contributed by atoms with Crippen LogP contribution in [0.2, 0.25) is 0 Å². The number of methoxy groups -OCH3 is 3. The minimum atomic E-state index is -4.08. The fourth-order valence-corrected chi connectivity index (χ4v) is 5.76. The van der Waals surface area contributed by atoms with Gasteiger partial charge < -0.3 is 24.0 Å². The van der Waals surface area contributed by atoms with Gasteiger partial charge in [-0.2, -0.15) is 0 Å². The highest BCUT2D eigenvalue weighted by molar-refractivity contribution is 7.92. The van der Waals surface area contributed by atoms with Gasteiger partial charge in [0.15, 0.2) is 0 Å². The molecule has 1 fully saturated rings. The minimum Gasteiger partial charge on any atom is -0.497 e. The quantitative estimate of drug-likeness (QED) is 0.424. The van der Waals surface area contributed by atoms with Crippen molar-refractivity contribution in [3.05, 3.63) is 72.8 Å². The first-order valence-corrected chi connectivity index (χ1v) is 13.3. The van der Waals surface area contributed by atoms with Gasteiger partial charge in [-0.15, -0.1) is 0 Å². The molecule has 37 heavy (non-hydrogen) atoms. The largest absolute Gasteiger partial charge is 0.497 e. The Kier molecular flexibility index (Phi) is 8.08. The highest BCUT2D eigenvalue weighted by atomic mass is 32.2. The van der Waals surface area contributed by atoms with E-state index in [0.717, 1.165) is 15.7 Å². The van der Waals surface area contributed by atoms with Crippen molar-refractivity contribution in [3.63, 3.8) is 0 Å². The molecule has 0 aromatic heterocycles. The molecule has 0 bridgehead atoms. The Bertz CT molecular complexity index is 1320. The molecule has 1 aliphatic rings. The topological polar surface area (TPSA) is 88.6 Å². The Labute approximate surface area is 217 Å². The molecule has 196 valence electrons. The molecule has 10 heteroatoms. The zero-order valence-electron chi connectivity index (χ0n) is 21.2. The number of hydrogen-bond donors (Lipinski definition) is 0. The highest BCUT2D eigenvalue weighted by Crippen LogP contribution is 2.36. The maximum Gasteiger partial charge on any atom is 0.264 e. The zero-order chi connectivity index (χ0) is 26.4. The third-order valence-corrected chi connectivity index (χ3v) is 8.10. The predicted octanol–water partition coefficient (Wildman–Crippen LogP) is 3.26. The van der Waals surface area contributed by atoms with Crippen molar-refractivity contribution in [1.29, 1.82) is 0 Å². The number of anilines is 2. The van der Waals surface area contributed by atoms with E-state index in [1.165, 1.54) is 26.4 Å². The molecule has 3 aromatic rings. The number of ether oxygens (including phenoxy) is 3. The molecule has 0 N–H and O–H groups in total. The Morgan fingerprint density at radius 3 is 2.11 bits per heavy atom. The van der Waals surface area contributed by atoms with Crippen LogP contribution in [-0.2, 0) is 14.8 Å². The summed E-state index contributed by atoms with van der Waals surface area (Å²) in [5.74, 6) is 1.23. The van der Waals surface area contributed by atoms with E-state index in [9.17, 15) is 13.2 Å². The highest BCUT2D eigenvalue weighted by Gasteiger charge is 2.32. The Morgan fingerprint density at radius 2 is 1.46 bits per heavy atom. The number of sulfonamides is 1. The van der Waals surface area contributed by atoms with Crippen LogP contribution in [0.4, 0.5) is 11.4 Å². The molecule has 0 aliphatic carbocycles. The molecule has 0 unspecified atom stereocenters. The van der Waals surface area contributed by atoms with E-state index in [1.54, 1.807) is 48.4 Å². The number of carbonyl (C=O) groups excluding carboxylic acids is 1. The molecule has 0 saturated carbocycles. The Hall–Kier alpha value is -3.92. The lowest BCUT2D eigenvalue weighted by molar-refractivity contribution is -0.129. The molecular formula is C27H31N3O6S. The summed E-state index contributed by atoms with van der Waals surface area (Å²) in [4.78, 5) is 17.4. The number of benzene rings is 3. The van der Waals surface area contributed by atoms with Gasteiger partial charge in [0.2, 0.25) is 5.91 Å². The Morgan fingerprint density at radius 1 is 0.811 bits per heavy atom. The van der Waals surface area contributed by atoms with E-state index in [2.05, 4.69) is 4.90 Å². The molecule has 1 heterocycles. The molecule has 0 spiro atoms. The number of rotatable bonds is 9. The van der Waals surface area contributed by atoms with Crippen LogP contribution in [0.3, 0.4) is 0 Å². The van der Waals surface area contributed by atoms with E-state index in [4.69, 9.17) is 14.2 Å². The van der Waals surface area contributed by atoms with E-state index < -0.39 is 10.0 Å². The van der Waals surface area contributed by atoms with Crippen molar-refractivity contribution >= 4 is 27.3 Å². The van der Waals surface area contributed by atoms with Crippen LogP contribution in [0, 0.1) is 0 Å². The van der Waals surface area contributed by atoms with Gasteiger partial charge in [-0.1, -0.05) is 30.3 Å². The number of carbonyl (C=O) groups is 1. The third-order valence-electron chi connectivity index (χ3n) is 6.32. The minimum absolute atomic E-state index is 0.0775. The monoisotopic (exact) mass is 525 g/mol. The van der Waals surface area contributed by atoms with E-state index in [-0.39, 0.29) is 23.0 Å². The SMILES string of the molecule is COc1ccc(OC)c(N(CC(=O)N2CCN(c3ccccc3OC)CC2)S(=O)(=O)c2ccccc2)c1. The van der Waals surface area contributed by atoms with Gasteiger partial charge >= 0.3 is 0 Å². The lowest BCUT2D eigenvalue weighted by atomic mass is 10.2. The number of piperazine rings is 1. The second kappa shape index (κ2) is 11.4. The summed E-state index contributed by atoms with van der Waals surface area (Å²) in [6.07, 6.45) is 0. The Balaban J connectivity index is 1.60. The van der Waals surface area contributed by atoms with E-state index in [1.807, 2.05) is 24.3 Å². The summed E-state index contributed by atoms with van der Waals surface area (Å²) < 4.78 is 44.9. The molecular weight excluding hydrogens is 494 g/mol. The van der Waals surface area contributed by atoms with E-state index in [0.29, 0.717) is 37.7 Å². The maximum absolute atomic E-state index is 13.8. The first-order valence-electron chi connectivity index (χ1n) is 11.8. The normalized spacial score (nSPS) is 13.7. The number of amides is 1. The van der Waals surface area contributed by atoms with Crippen LogP contribution in [0.5, 0.6) is 17.2 Å². The van der Waals surface area contributed by atoms with Gasteiger partial charge in [0, 0.05) is 32.2 Å². The summed E-state index contributed by atoms with van der Waals surface area (Å²) in [7, 11) is 0.497. The third kappa shape index (κ3) is 5.59. The first kappa shape index (κ1) is 26.2. The van der Waals surface area contributed by atoms with Crippen molar-refractivity contribution in [3.8, 4) is 17.2 Å². The lowest BCUT2D eigenvalue weighted by Crippen LogP contribution is -2.52. The van der Waals surface area contributed by atoms with Gasteiger partial charge in [-0.25, -0.2) is 8.42 Å². The summed E-state index contributed by atoms with van der Waals surface area (Å²) in [5.41, 5.74) is 1.19. The molecule has 4 rings (SSSR count). The smallest absolute Gasteiger partial charge is 0.264 e. The van der Waals surface area contributed by atoms with Crippen molar-refractivity contribution in [2.45, 2.75) is 4.90 Å². The van der Waals surface area contributed by atoms with Crippen LogP contribution < -0.4 is 23.4 Å². The first-order chi connectivity index (χ1) is 17.9. The average molecular weight is 526 g/mol. The fraction of sp³-hybridized carbons (Fsp3) is 0.296. The van der Waals surface area contributed by atoms with Crippen molar-refractivity contribution in [2.24, 2.45) is 0 Å². The summed E-state index contributed by atoms with van der Waals surface area (Å²) in [6.45, 7) is 1.71. The van der Waals surface area contributed by atoms with Gasteiger partial charge in [0.05, 0.1) is 37.6 Å². The van der Waals surface area contributed by atoms with Crippen LogP contribution in [0.1, 0.15) is 0 Å². The fourth-order valence-electron chi connectivity index (χ4n) is 4.32.